The molecule has 0 saturated carbocycles. The first-order chi connectivity index (χ1) is 9.25. The molecule has 1 N–H and O–H groups in total. The normalized spacial score (nSPS) is 20.3. The van der Waals surface area contributed by atoms with Crippen molar-refractivity contribution in [2.75, 3.05) is 19.6 Å². The zero-order chi connectivity index (χ0) is 13.5. The Morgan fingerprint density at radius 2 is 2.05 bits per heavy atom. The number of hydrogen-bond donors (Lipinski definition) is 1. The topological polar surface area (TPSA) is 40.5 Å². The Morgan fingerprint density at radius 1 is 1.26 bits per heavy atom. The molecule has 1 aromatic carbocycles. The number of carboxylic acids is 1. The maximum Gasteiger partial charge on any atom is 0.303 e. The molecule has 0 radical (unpaired) electrons. The summed E-state index contributed by atoms with van der Waals surface area (Å²) < 4.78 is 0. The Balaban J connectivity index is 1.76. The average molecular weight is 261 g/mol. The first-order valence-electron chi connectivity index (χ1n) is 7.25. The Bertz CT molecular complexity index is 391. The van der Waals surface area contributed by atoms with E-state index in [-0.39, 0.29) is 0 Å². The van der Waals surface area contributed by atoms with Crippen molar-refractivity contribution in [3.05, 3.63) is 35.9 Å². The van der Waals surface area contributed by atoms with Crippen molar-refractivity contribution in [1.82, 2.24) is 4.90 Å². The standard InChI is InChI=1S/C16H23NO2/c18-16(19)10-4-5-11-17-12-6-9-15(13-17)14-7-2-1-3-8-14/h1-3,7-8,15H,4-6,9-13H2,(H,18,19). The fraction of sp³-hybridized carbons (Fsp3) is 0.562. The second kappa shape index (κ2) is 7.29. The minimum absolute atomic E-state index is 0.302. The van der Waals surface area contributed by atoms with E-state index in [9.17, 15) is 4.79 Å². The van der Waals surface area contributed by atoms with Crippen molar-refractivity contribution in [3.63, 3.8) is 0 Å². The Morgan fingerprint density at radius 3 is 2.79 bits per heavy atom. The second-order valence-electron chi connectivity index (χ2n) is 5.40. The summed E-state index contributed by atoms with van der Waals surface area (Å²) in [5, 5.41) is 8.63. The average Bonchev–Trinajstić information content (AvgIpc) is 2.45. The number of aliphatic carboxylic acids is 1. The monoisotopic (exact) mass is 261 g/mol. The summed E-state index contributed by atoms with van der Waals surface area (Å²) >= 11 is 0. The van der Waals surface area contributed by atoms with E-state index in [4.69, 9.17) is 5.11 Å². The van der Waals surface area contributed by atoms with Gasteiger partial charge in [-0.05, 0) is 50.3 Å². The van der Waals surface area contributed by atoms with Gasteiger partial charge in [0.2, 0.25) is 0 Å². The third-order valence-electron chi connectivity index (χ3n) is 3.89. The van der Waals surface area contributed by atoms with Gasteiger partial charge in [0, 0.05) is 13.0 Å². The molecule has 1 aromatic rings. The molecule has 0 amide bonds. The summed E-state index contributed by atoms with van der Waals surface area (Å²) in [6.07, 6.45) is 4.61. The van der Waals surface area contributed by atoms with E-state index in [0.717, 1.165) is 32.5 Å². The van der Waals surface area contributed by atoms with Crippen molar-refractivity contribution < 1.29 is 9.90 Å². The van der Waals surface area contributed by atoms with Crippen LogP contribution in [0.25, 0.3) is 0 Å². The van der Waals surface area contributed by atoms with Crippen LogP contribution in [0.2, 0.25) is 0 Å². The number of hydrogen-bond acceptors (Lipinski definition) is 2. The quantitative estimate of drug-likeness (QED) is 0.800. The van der Waals surface area contributed by atoms with Gasteiger partial charge in [0.15, 0.2) is 0 Å². The fourth-order valence-corrected chi connectivity index (χ4v) is 2.87. The van der Waals surface area contributed by atoms with Crippen LogP contribution in [0.15, 0.2) is 30.3 Å². The van der Waals surface area contributed by atoms with Gasteiger partial charge in [0.1, 0.15) is 0 Å². The molecule has 1 aliphatic heterocycles. The van der Waals surface area contributed by atoms with E-state index in [1.807, 2.05) is 0 Å². The van der Waals surface area contributed by atoms with Crippen LogP contribution in [0, 0.1) is 0 Å². The summed E-state index contributed by atoms with van der Waals surface area (Å²) in [5.74, 6) is -0.0322. The molecule has 2 rings (SSSR count). The van der Waals surface area contributed by atoms with Gasteiger partial charge >= 0.3 is 5.97 Å². The molecule has 104 valence electrons. The summed E-state index contributed by atoms with van der Waals surface area (Å²) in [5.41, 5.74) is 1.44. The molecule has 1 saturated heterocycles. The minimum Gasteiger partial charge on any atom is -0.481 e. The van der Waals surface area contributed by atoms with Gasteiger partial charge in [0.25, 0.3) is 0 Å². The molecule has 0 aromatic heterocycles. The van der Waals surface area contributed by atoms with Crippen molar-refractivity contribution in [2.45, 2.75) is 38.0 Å². The number of nitrogens with zero attached hydrogens (tertiary/aromatic N) is 1. The summed E-state index contributed by atoms with van der Waals surface area (Å²) in [6, 6.07) is 10.7. The zero-order valence-corrected chi connectivity index (χ0v) is 11.4. The van der Waals surface area contributed by atoms with Gasteiger partial charge in [-0.2, -0.15) is 0 Å². The van der Waals surface area contributed by atoms with Crippen LogP contribution < -0.4 is 0 Å². The molecule has 1 heterocycles. The van der Waals surface area contributed by atoms with Crippen LogP contribution in [0.3, 0.4) is 0 Å². The number of carbonyl (C=O) groups is 1. The first kappa shape index (κ1) is 14.1. The molecule has 19 heavy (non-hydrogen) atoms. The van der Waals surface area contributed by atoms with E-state index in [1.54, 1.807) is 0 Å². The van der Waals surface area contributed by atoms with E-state index in [1.165, 1.54) is 18.4 Å². The van der Waals surface area contributed by atoms with Crippen LogP contribution in [0.1, 0.15) is 43.6 Å². The smallest absolute Gasteiger partial charge is 0.303 e. The zero-order valence-electron chi connectivity index (χ0n) is 11.4. The molecule has 0 aliphatic carbocycles. The van der Waals surface area contributed by atoms with Crippen LogP contribution in [0.4, 0.5) is 0 Å². The highest BCUT2D eigenvalue weighted by molar-refractivity contribution is 5.66. The number of unbranched alkanes of at least 4 members (excludes halogenated alkanes) is 1. The number of benzene rings is 1. The third-order valence-corrected chi connectivity index (χ3v) is 3.89. The highest BCUT2D eigenvalue weighted by Crippen LogP contribution is 2.26. The summed E-state index contributed by atoms with van der Waals surface area (Å²) in [6.45, 7) is 3.32. The third kappa shape index (κ3) is 4.67. The van der Waals surface area contributed by atoms with E-state index >= 15 is 0 Å². The maximum atomic E-state index is 10.5. The molecule has 1 aliphatic rings. The van der Waals surface area contributed by atoms with Crippen LogP contribution in [0.5, 0.6) is 0 Å². The van der Waals surface area contributed by atoms with Crippen LogP contribution in [-0.2, 0) is 4.79 Å². The highest BCUT2D eigenvalue weighted by Gasteiger charge is 2.20. The van der Waals surface area contributed by atoms with E-state index in [2.05, 4.69) is 35.2 Å². The van der Waals surface area contributed by atoms with Crippen molar-refractivity contribution >= 4 is 5.97 Å². The molecule has 0 spiro atoms. The van der Waals surface area contributed by atoms with Gasteiger partial charge in [-0.15, -0.1) is 0 Å². The molecular formula is C16H23NO2. The summed E-state index contributed by atoms with van der Waals surface area (Å²) in [7, 11) is 0. The lowest BCUT2D eigenvalue weighted by atomic mass is 9.90. The lowest BCUT2D eigenvalue weighted by molar-refractivity contribution is -0.137. The predicted octanol–water partition coefficient (Wildman–Crippen LogP) is 3.12. The van der Waals surface area contributed by atoms with Crippen molar-refractivity contribution in [1.29, 1.82) is 0 Å². The predicted molar refractivity (Wildman–Crippen MR) is 76.3 cm³/mol. The van der Waals surface area contributed by atoms with E-state index in [0.29, 0.717) is 12.3 Å². The molecule has 1 atom stereocenters. The van der Waals surface area contributed by atoms with Crippen molar-refractivity contribution in [2.24, 2.45) is 0 Å². The van der Waals surface area contributed by atoms with Gasteiger partial charge in [-0.25, -0.2) is 0 Å². The Kier molecular flexibility index (Phi) is 5.40. The first-order valence-corrected chi connectivity index (χ1v) is 7.25. The largest absolute Gasteiger partial charge is 0.481 e. The second-order valence-corrected chi connectivity index (χ2v) is 5.40. The number of carboxylic acid groups (broad SMARTS) is 1. The highest BCUT2D eigenvalue weighted by atomic mass is 16.4. The number of piperidine rings is 1. The molecule has 3 nitrogen and oxygen atoms in total. The Hall–Kier alpha value is -1.35. The number of likely N-dealkylation sites (tertiary alicyclic amines) is 1. The lowest BCUT2D eigenvalue weighted by Crippen LogP contribution is -2.35. The van der Waals surface area contributed by atoms with E-state index < -0.39 is 5.97 Å². The van der Waals surface area contributed by atoms with Crippen LogP contribution in [-0.4, -0.2) is 35.6 Å². The van der Waals surface area contributed by atoms with Crippen molar-refractivity contribution in [3.8, 4) is 0 Å². The number of rotatable bonds is 6. The van der Waals surface area contributed by atoms with Gasteiger partial charge in [-0.1, -0.05) is 30.3 Å². The molecule has 1 fully saturated rings. The molecule has 1 unspecified atom stereocenters. The van der Waals surface area contributed by atoms with Crippen LogP contribution >= 0.6 is 0 Å². The Labute approximate surface area is 115 Å². The summed E-state index contributed by atoms with van der Waals surface area (Å²) in [4.78, 5) is 13.0. The molecular weight excluding hydrogens is 238 g/mol. The fourth-order valence-electron chi connectivity index (χ4n) is 2.87. The van der Waals surface area contributed by atoms with Gasteiger partial charge in [-0.3, -0.25) is 4.79 Å². The minimum atomic E-state index is -0.680. The maximum absolute atomic E-state index is 10.5. The van der Waals surface area contributed by atoms with Gasteiger partial charge in [0.05, 0.1) is 0 Å². The SMILES string of the molecule is O=C(O)CCCCN1CCCC(c2ccccc2)C1. The molecule has 0 bridgehead atoms. The lowest BCUT2D eigenvalue weighted by Gasteiger charge is -2.33. The molecule has 3 heteroatoms. The van der Waals surface area contributed by atoms with Gasteiger partial charge < -0.3 is 10.0 Å².